The van der Waals surface area contributed by atoms with Gasteiger partial charge in [0, 0.05) is 41.8 Å². The van der Waals surface area contributed by atoms with Crippen molar-refractivity contribution >= 4 is 50.7 Å². The molecule has 3 heterocycles. The molecular formula is C27H30ClFN4O6S2. The largest absolute Gasteiger partial charge is 0.481 e. The summed E-state index contributed by atoms with van der Waals surface area (Å²) in [5.41, 5.74) is -0.0141. The number of carbonyl (C=O) groups is 2. The number of aliphatic imine (C=N–C) groups is 1. The average Bonchev–Trinajstić information content (AvgIpc) is 3.47. The van der Waals surface area contributed by atoms with Gasteiger partial charge in [-0.1, -0.05) is 23.7 Å². The SMILES string of the molecule is CCOC(=O)C1=C(C2CCN(S(=O)(=O)[C@H]3C[C@](C)(C(=O)O)C3)CC2)NC(c2nccs2)=N[C@@H]1c1cccc(F)c1Cl. The van der Waals surface area contributed by atoms with Gasteiger partial charge in [0.2, 0.25) is 10.0 Å². The first-order valence-corrected chi connectivity index (χ1v) is 16.0. The van der Waals surface area contributed by atoms with E-state index < -0.39 is 44.5 Å². The minimum atomic E-state index is -3.68. The van der Waals surface area contributed by atoms with E-state index in [0.717, 1.165) is 0 Å². The lowest BCUT2D eigenvalue weighted by Crippen LogP contribution is -2.54. The Morgan fingerprint density at radius 1 is 1.29 bits per heavy atom. The molecular weight excluding hydrogens is 595 g/mol. The number of nitrogens with zero attached hydrogens (tertiary/aromatic N) is 3. The van der Waals surface area contributed by atoms with E-state index in [0.29, 0.717) is 34.9 Å². The van der Waals surface area contributed by atoms with Crippen molar-refractivity contribution < 1.29 is 32.2 Å². The minimum Gasteiger partial charge on any atom is -0.481 e. The Labute approximate surface area is 246 Å². The number of nitrogens with one attached hydrogen (secondary N) is 1. The van der Waals surface area contributed by atoms with Gasteiger partial charge >= 0.3 is 11.9 Å². The van der Waals surface area contributed by atoms with Gasteiger partial charge in [0.15, 0.2) is 10.8 Å². The van der Waals surface area contributed by atoms with Gasteiger partial charge in [-0.15, -0.1) is 11.3 Å². The number of allylic oxidation sites excluding steroid dienone is 1. The zero-order valence-electron chi connectivity index (χ0n) is 22.5. The normalized spacial score (nSPS) is 25.7. The summed E-state index contributed by atoms with van der Waals surface area (Å²) in [5.74, 6) is -2.14. The number of carbonyl (C=O) groups excluding carboxylic acids is 1. The Morgan fingerprint density at radius 3 is 2.61 bits per heavy atom. The number of esters is 1. The van der Waals surface area contributed by atoms with Crippen molar-refractivity contribution in [2.24, 2.45) is 16.3 Å². The van der Waals surface area contributed by atoms with E-state index in [2.05, 4.69) is 10.3 Å². The first-order chi connectivity index (χ1) is 19.5. The highest BCUT2D eigenvalue weighted by molar-refractivity contribution is 7.89. The molecule has 41 heavy (non-hydrogen) atoms. The lowest BCUT2D eigenvalue weighted by Gasteiger charge is -2.44. The standard InChI is InChI=1S/C27H30ClFN4O6S2/c1-3-39-25(34)19-21(15-7-10-33(11-8-15)41(37,38)16-13-27(2,14-16)26(35)36)31-23(24-30-9-12-40-24)32-22(19)17-5-4-6-18(29)20(17)28/h4-6,9,12,15-16,22H,3,7-8,10-11,13-14H2,1-2H3,(H,31,32)(H,35,36)/t16-,22-,27-/m1/s1. The first kappa shape index (κ1) is 29.6. The Bertz CT molecular complexity index is 1510. The molecule has 2 aromatic rings. The lowest BCUT2D eigenvalue weighted by atomic mass is 9.70. The van der Waals surface area contributed by atoms with Gasteiger partial charge in [-0.3, -0.25) is 9.79 Å². The van der Waals surface area contributed by atoms with Crippen LogP contribution in [0.25, 0.3) is 0 Å². The average molecular weight is 625 g/mol. The maximum Gasteiger partial charge on any atom is 0.338 e. The van der Waals surface area contributed by atoms with Crippen molar-refractivity contribution in [1.29, 1.82) is 0 Å². The number of carboxylic acid groups (broad SMARTS) is 1. The molecule has 1 saturated carbocycles. The number of piperidine rings is 1. The quantitative estimate of drug-likeness (QED) is 0.418. The van der Waals surface area contributed by atoms with Gasteiger partial charge in [0.05, 0.1) is 27.9 Å². The molecule has 5 rings (SSSR count). The molecule has 0 unspecified atom stereocenters. The van der Waals surface area contributed by atoms with Crippen molar-refractivity contribution in [1.82, 2.24) is 14.6 Å². The highest BCUT2D eigenvalue weighted by Gasteiger charge is 2.53. The van der Waals surface area contributed by atoms with E-state index >= 15 is 0 Å². The van der Waals surface area contributed by atoms with E-state index in [9.17, 15) is 27.5 Å². The molecule has 1 aromatic heterocycles. The first-order valence-electron chi connectivity index (χ1n) is 13.3. The topological polar surface area (TPSA) is 138 Å². The number of rotatable bonds is 8. The summed E-state index contributed by atoms with van der Waals surface area (Å²) in [7, 11) is -3.68. The second-order valence-electron chi connectivity index (χ2n) is 10.6. The summed E-state index contributed by atoms with van der Waals surface area (Å²) >= 11 is 7.72. The van der Waals surface area contributed by atoms with Crippen LogP contribution in [0.15, 0.2) is 46.0 Å². The Morgan fingerprint density at radius 2 is 2.00 bits per heavy atom. The number of aliphatic carboxylic acids is 1. The molecule has 1 atom stereocenters. The number of halogens is 2. The Kier molecular flexibility index (Phi) is 8.25. The second kappa shape index (κ2) is 11.4. The van der Waals surface area contributed by atoms with Crippen LogP contribution in [0.1, 0.15) is 56.1 Å². The fraction of sp³-hybridized carbons (Fsp3) is 0.481. The molecule has 220 valence electrons. The van der Waals surface area contributed by atoms with Crippen molar-refractivity contribution in [3.63, 3.8) is 0 Å². The number of hydrogen-bond donors (Lipinski definition) is 2. The summed E-state index contributed by atoms with van der Waals surface area (Å²) in [6, 6.07) is 3.36. The van der Waals surface area contributed by atoms with Crippen LogP contribution in [0.5, 0.6) is 0 Å². The third-order valence-electron chi connectivity index (χ3n) is 8.00. The van der Waals surface area contributed by atoms with Crippen molar-refractivity contribution in [2.45, 2.75) is 50.8 Å². The molecule has 0 radical (unpaired) electrons. The predicted molar refractivity (Wildman–Crippen MR) is 152 cm³/mol. The van der Waals surface area contributed by atoms with Crippen LogP contribution < -0.4 is 5.32 Å². The van der Waals surface area contributed by atoms with E-state index in [1.807, 2.05) is 0 Å². The maximum absolute atomic E-state index is 14.5. The fourth-order valence-corrected chi connectivity index (χ4v) is 8.78. The van der Waals surface area contributed by atoms with Crippen LogP contribution in [0.3, 0.4) is 0 Å². The number of carboxylic acids is 1. The van der Waals surface area contributed by atoms with Crippen LogP contribution in [0, 0.1) is 17.2 Å². The molecule has 0 bridgehead atoms. The smallest absolute Gasteiger partial charge is 0.338 e. The molecule has 1 aliphatic carbocycles. The summed E-state index contributed by atoms with van der Waals surface area (Å²) in [6.07, 6.45) is 2.56. The number of sulfonamides is 1. The van der Waals surface area contributed by atoms with Gasteiger partial charge in [-0.2, -0.15) is 0 Å². The summed E-state index contributed by atoms with van der Waals surface area (Å²) in [4.78, 5) is 34.0. The van der Waals surface area contributed by atoms with Gasteiger partial charge in [0.25, 0.3) is 0 Å². The Hall–Kier alpha value is -2.87. The summed E-state index contributed by atoms with van der Waals surface area (Å²) in [6.45, 7) is 3.75. The van der Waals surface area contributed by atoms with Crippen molar-refractivity contribution in [2.75, 3.05) is 19.7 Å². The highest BCUT2D eigenvalue weighted by atomic mass is 35.5. The third kappa shape index (κ3) is 5.52. The number of benzene rings is 1. The summed E-state index contributed by atoms with van der Waals surface area (Å²) in [5, 5.41) is 14.1. The van der Waals surface area contributed by atoms with E-state index in [1.54, 1.807) is 31.5 Å². The number of thiazole rings is 1. The molecule has 10 nitrogen and oxygen atoms in total. The monoisotopic (exact) mass is 624 g/mol. The molecule has 2 N–H and O–H groups in total. The molecule has 2 aliphatic heterocycles. The molecule has 14 heteroatoms. The lowest BCUT2D eigenvalue weighted by molar-refractivity contribution is -0.152. The highest BCUT2D eigenvalue weighted by Crippen LogP contribution is 2.46. The molecule has 3 aliphatic rings. The molecule has 2 fully saturated rings. The van der Waals surface area contributed by atoms with Crippen LogP contribution in [0.2, 0.25) is 5.02 Å². The van der Waals surface area contributed by atoms with Crippen molar-refractivity contribution in [3.05, 3.63) is 62.5 Å². The third-order valence-corrected chi connectivity index (χ3v) is 11.4. The zero-order valence-corrected chi connectivity index (χ0v) is 24.9. The van der Waals surface area contributed by atoms with E-state index in [1.165, 1.54) is 27.8 Å². The number of hydrogen-bond acceptors (Lipinski definition) is 9. The van der Waals surface area contributed by atoms with Crippen LogP contribution in [-0.4, -0.2) is 65.5 Å². The van der Waals surface area contributed by atoms with Gasteiger partial charge < -0.3 is 15.2 Å². The van der Waals surface area contributed by atoms with Gasteiger partial charge in [0.1, 0.15) is 11.9 Å². The molecule has 0 amide bonds. The summed E-state index contributed by atoms with van der Waals surface area (Å²) < 4.78 is 47.9. The van der Waals surface area contributed by atoms with E-state index in [-0.39, 0.29) is 49.1 Å². The van der Waals surface area contributed by atoms with Crippen LogP contribution >= 0.6 is 22.9 Å². The van der Waals surface area contributed by atoms with Crippen LogP contribution in [0.4, 0.5) is 4.39 Å². The van der Waals surface area contributed by atoms with Gasteiger partial charge in [-0.05, 0) is 45.6 Å². The van der Waals surface area contributed by atoms with Gasteiger partial charge in [-0.25, -0.2) is 26.9 Å². The minimum absolute atomic E-state index is 0.0774. The number of ether oxygens (including phenoxy) is 1. The second-order valence-corrected chi connectivity index (χ2v) is 14.1. The zero-order chi connectivity index (χ0) is 29.5. The molecule has 0 spiro atoms. The predicted octanol–water partition coefficient (Wildman–Crippen LogP) is 4.14. The number of amidine groups is 1. The fourth-order valence-electron chi connectivity index (χ4n) is 5.67. The maximum atomic E-state index is 14.5. The van der Waals surface area contributed by atoms with Crippen LogP contribution in [-0.2, 0) is 24.3 Å². The van der Waals surface area contributed by atoms with E-state index in [4.69, 9.17) is 21.3 Å². The molecule has 1 aromatic carbocycles. The Balaban J connectivity index is 1.47. The number of aromatic nitrogens is 1. The molecule has 1 saturated heterocycles. The van der Waals surface area contributed by atoms with Crippen molar-refractivity contribution in [3.8, 4) is 0 Å².